The molecule has 0 saturated heterocycles. The average Bonchev–Trinajstić information content (AvgIpc) is 2.43. The number of rotatable bonds is 4. The molecule has 0 aliphatic heterocycles. The molecule has 0 heterocycles. The Bertz CT molecular complexity index is 423. The average molecular weight is 243 g/mol. The number of benzene rings is 1. The highest BCUT2D eigenvalue weighted by atomic mass is 14.6. The van der Waals surface area contributed by atoms with Gasteiger partial charge in [-0.1, -0.05) is 51.7 Å². The molecule has 0 fully saturated rings. The Kier molecular flexibility index (Phi) is 5.95. The maximum Gasteiger partial charge on any atom is 0.0665 e. The number of nitrogens with two attached hydrogens (primary N) is 1. The summed E-state index contributed by atoms with van der Waals surface area (Å²) in [5, 5.41) is 0. The molecule has 0 radical (unpaired) electrons. The first-order chi connectivity index (χ1) is 8.65. The highest BCUT2D eigenvalue weighted by Gasteiger charge is 2.06. The Morgan fingerprint density at radius 1 is 1.00 bits per heavy atom. The molecule has 18 heavy (non-hydrogen) atoms. The molecule has 0 aromatic heterocycles. The van der Waals surface area contributed by atoms with E-state index in [4.69, 9.17) is 5.73 Å². The molecular weight excluding hydrogens is 218 g/mol. The molecule has 1 rings (SSSR count). The van der Waals surface area contributed by atoms with E-state index in [0.29, 0.717) is 0 Å². The monoisotopic (exact) mass is 243 g/mol. The zero-order valence-electron chi connectivity index (χ0n) is 12.1. The molecular formula is C17H25N. The predicted octanol–water partition coefficient (Wildman–Crippen LogP) is 3.46. The highest BCUT2D eigenvalue weighted by Crippen LogP contribution is 2.19. The largest absolute Gasteiger partial charge is 0.318 e. The highest BCUT2D eigenvalue weighted by molar-refractivity contribution is 5.50. The Morgan fingerprint density at radius 3 is 1.94 bits per heavy atom. The van der Waals surface area contributed by atoms with Crippen molar-refractivity contribution >= 4 is 0 Å². The molecule has 0 aliphatic carbocycles. The van der Waals surface area contributed by atoms with Crippen molar-refractivity contribution in [3.8, 4) is 11.8 Å². The second-order valence-corrected chi connectivity index (χ2v) is 4.63. The second-order valence-electron chi connectivity index (χ2n) is 4.63. The summed E-state index contributed by atoms with van der Waals surface area (Å²) in [4.78, 5) is 0. The standard InChI is InChI=1S/C17H25N/c1-5-13-11-14(6-2)17(15(7-3)12-13)10-9-16(18)8-4/h11-12,16H,5-8,18H2,1-4H3. The molecule has 1 atom stereocenters. The molecule has 0 amide bonds. The van der Waals surface area contributed by atoms with E-state index in [-0.39, 0.29) is 6.04 Å². The van der Waals surface area contributed by atoms with Crippen LogP contribution in [-0.4, -0.2) is 6.04 Å². The molecule has 1 nitrogen and oxygen atoms in total. The number of hydrogen-bond donors (Lipinski definition) is 1. The van der Waals surface area contributed by atoms with Crippen molar-refractivity contribution in [2.24, 2.45) is 5.73 Å². The van der Waals surface area contributed by atoms with Gasteiger partial charge < -0.3 is 5.73 Å². The summed E-state index contributed by atoms with van der Waals surface area (Å²) < 4.78 is 0. The lowest BCUT2D eigenvalue weighted by atomic mass is 9.94. The van der Waals surface area contributed by atoms with Gasteiger partial charge >= 0.3 is 0 Å². The third-order valence-electron chi connectivity index (χ3n) is 3.35. The number of hydrogen-bond acceptors (Lipinski definition) is 1. The third kappa shape index (κ3) is 3.62. The Hall–Kier alpha value is -1.26. The minimum absolute atomic E-state index is 0.00901. The SMILES string of the molecule is CCc1cc(CC)c(C#CC(N)CC)c(CC)c1. The van der Waals surface area contributed by atoms with E-state index in [0.717, 1.165) is 25.7 Å². The van der Waals surface area contributed by atoms with Crippen LogP contribution in [0.1, 0.15) is 56.4 Å². The van der Waals surface area contributed by atoms with E-state index < -0.39 is 0 Å². The summed E-state index contributed by atoms with van der Waals surface area (Å²) in [6.07, 6.45) is 4.06. The fourth-order valence-corrected chi connectivity index (χ4v) is 2.03. The van der Waals surface area contributed by atoms with Crippen LogP contribution in [0.3, 0.4) is 0 Å². The van der Waals surface area contributed by atoms with Crippen LogP contribution in [0.25, 0.3) is 0 Å². The summed E-state index contributed by atoms with van der Waals surface area (Å²) in [7, 11) is 0. The maximum absolute atomic E-state index is 5.89. The maximum atomic E-state index is 5.89. The first kappa shape index (κ1) is 14.8. The van der Waals surface area contributed by atoms with Crippen molar-refractivity contribution in [3.05, 3.63) is 34.4 Å². The molecule has 0 bridgehead atoms. The zero-order chi connectivity index (χ0) is 13.5. The van der Waals surface area contributed by atoms with E-state index in [9.17, 15) is 0 Å². The van der Waals surface area contributed by atoms with Gasteiger partial charge in [-0.2, -0.15) is 0 Å². The van der Waals surface area contributed by atoms with Gasteiger partial charge in [0.05, 0.1) is 6.04 Å². The summed E-state index contributed by atoms with van der Waals surface area (Å²) in [5.74, 6) is 6.47. The lowest BCUT2D eigenvalue weighted by molar-refractivity contribution is 0.806. The van der Waals surface area contributed by atoms with Crippen LogP contribution < -0.4 is 5.73 Å². The molecule has 0 saturated carbocycles. The summed E-state index contributed by atoms with van der Waals surface area (Å²) in [6, 6.07) is 4.58. The van der Waals surface area contributed by atoms with E-state index >= 15 is 0 Å². The van der Waals surface area contributed by atoms with Gasteiger partial charge in [-0.25, -0.2) is 0 Å². The van der Waals surface area contributed by atoms with Crippen molar-refractivity contribution in [1.29, 1.82) is 0 Å². The van der Waals surface area contributed by atoms with Gasteiger partial charge in [0, 0.05) is 5.56 Å². The Labute approximate surface area is 112 Å². The van der Waals surface area contributed by atoms with Crippen LogP contribution in [0.4, 0.5) is 0 Å². The fraction of sp³-hybridized carbons (Fsp3) is 0.529. The third-order valence-corrected chi connectivity index (χ3v) is 3.35. The predicted molar refractivity (Wildman–Crippen MR) is 79.7 cm³/mol. The minimum atomic E-state index is -0.00901. The van der Waals surface area contributed by atoms with Crippen LogP contribution in [0.2, 0.25) is 0 Å². The van der Waals surface area contributed by atoms with E-state index in [1.807, 2.05) is 0 Å². The molecule has 1 aromatic rings. The first-order valence-electron chi connectivity index (χ1n) is 7.07. The fourth-order valence-electron chi connectivity index (χ4n) is 2.03. The van der Waals surface area contributed by atoms with Crippen molar-refractivity contribution < 1.29 is 0 Å². The second kappa shape index (κ2) is 7.24. The Balaban J connectivity index is 3.25. The molecule has 0 spiro atoms. The van der Waals surface area contributed by atoms with Crippen molar-refractivity contribution in [1.82, 2.24) is 0 Å². The van der Waals surface area contributed by atoms with Crippen LogP contribution >= 0.6 is 0 Å². The minimum Gasteiger partial charge on any atom is -0.318 e. The molecule has 1 aromatic carbocycles. The van der Waals surface area contributed by atoms with E-state index in [1.165, 1.54) is 22.3 Å². The van der Waals surface area contributed by atoms with Gasteiger partial charge in [-0.3, -0.25) is 0 Å². The smallest absolute Gasteiger partial charge is 0.0665 e. The quantitative estimate of drug-likeness (QED) is 0.805. The van der Waals surface area contributed by atoms with Gasteiger partial charge in [0.1, 0.15) is 0 Å². The molecule has 98 valence electrons. The van der Waals surface area contributed by atoms with Crippen molar-refractivity contribution in [3.63, 3.8) is 0 Å². The summed E-state index contributed by atoms with van der Waals surface area (Å²) in [6.45, 7) is 8.66. The van der Waals surface area contributed by atoms with Gasteiger partial charge in [0.2, 0.25) is 0 Å². The van der Waals surface area contributed by atoms with Crippen LogP contribution in [-0.2, 0) is 19.3 Å². The lowest BCUT2D eigenvalue weighted by Gasteiger charge is -2.11. The summed E-state index contributed by atoms with van der Waals surface area (Å²) in [5.41, 5.74) is 11.2. The van der Waals surface area contributed by atoms with E-state index in [1.54, 1.807) is 0 Å². The molecule has 2 N–H and O–H groups in total. The van der Waals surface area contributed by atoms with Gasteiger partial charge in [0.15, 0.2) is 0 Å². The molecule has 0 aliphatic rings. The summed E-state index contributed by atoms with van der Waals surface area (Å²) >= 11 is 0. The van der Waals surface area contributed by atoms with Crippen LogP contribution in [0.5, 0.6) is 0 Å². The van der Waals surface area contributed by atoms with Crippen molar-refractivity contribution in [2.75, 3.05) is 0 Å². The topological polar surface area (TPSA) is 26.0 Å². The van der Waals surface area contributed by atoms with Crippen LogP contribution in [0, 0.1) is 11.8 Å². The normalized spacial score (nSPS) is 11.8. The van der Waals surface area contributed by atoms with Gasteiger partial charge in [-0.15, -0.1) is 0 Å². The van der Waals surface area contributed by atoms with Crippen LogP contribution in [0.15, 0.2) is 12.1 Å². The van der Waals surface area contributed by atoms with Gasteiger partial charge in [0.25, 0.3) is 0 Å². The lowest BCUT2D eigenvalue weighted by Crippen LogP contribution is -2.15. The van der Waals surface area contributed by atoms with Crippen molar-refractivity contribution in [2.45, 2.75) is 59.4 Å². The zero-order valence-corrected chi connectivity index (χ0v) is 12.1. The first-order valence-corrected chi connectivity index (χ1v) is 7.07. The number of aryl methyl sites for hydroxylation is 3. The van der Waals surface area contributed by atoms with E-state index in [2.05, 4.69) is 51.7 Å². The Morgan fingerprint density at radius 2 is 1.56 bits per heavy atom. The molecule has 1 unspecified atom stereocenters. The molecule has 1 heteroatoms. The van der Waals surface area contributed by atoms with Gasteiger partial charge in [-0.05, 0) is 42.4 Å².